The molecule has 0 bridgehead atoms. The molecule has 0 unspecified atom stereocenters. The first kappa shape index (κ1) is 24.5. The molecule has 5 aromatic rings. The Labute approximate surface area is 215 Å². The van der Waals surface area contributed by atoms with Crippen molar-refractivity contribution in [3.8, 4) is 17.1 Å². The lowest BCUT2D eigenvalue weighted by molar-refractivity contribution is 0.0988. The average Bonchev–Trinajstić information content (AvgIpc) is 3.14. The standard InChI is InChI=1S/C27H22ClFN4O4/c1-12-9-16(14(3)36-20-7-8-21(28)31-22(20)27(30)35)25-18(10-12)23(34)13(2)24(37-25)15-5-6-19-17(11-15)26(29)33(4)32-19/h5-11,14H,1-4H3,(H2,30,35)/t14-/m1/s1. The number of benzene rings is 2. The number of aromatic nitrogens is 3. The van der Waals surface area contributed by atoms with Gasteiger partial charge in [0, 0.05) is 23.7 Å². The van der Waals surface area contributed by atoms with E-state index in [9.17, 15) is 14.0 Å². The van der Waals surface area contributed by atoms with Gasteiger partial charge in [0.2, 0.25) is 5.95 Å². The zero-order valence-electron chi connectivity index (χ0n) is 20.4. The Kier molecular flexibility index (Phi) is 5.95. The number of amides is 1. The number of hydrogen-bond acceptors (Lipinski definition) is 6. The van der Waals surface area contributed by atoms with Crippen molar-refractivity contribution in [2.75, 3.05) is 0 Å². The highest BCUT2D eigenvalue weighted by atomic mass is 35.5. The maximum Gasteiger partial charge on any atom is 0.271 e. The summed E-state index contributed by atoms with van der Waals surface area (Å²) in [6.07, 6.45) is -0.666. The second kappa shape index (κ2) is 9.01. The minimum absolute atomic E-state index is 0.0999. The highest BCUT2D eigenvalue weighted by Crippen LogP contribution is 2.34. The average molecular weight is 521 g/mol. The molecule has 1 amide bonds. The molecule has 0 aliphatic heterocycles. The Balaban J connectivity index is 1.68. The van der Waals surface area contributed by atoms with Crippen molar-refractivity contribution in [1.29, 1.82) is 0 Å². The Bertz CT molecular complexity index is 1790. The van der Waals surface area contributed by atoms with Crippen LogP contribution in [-0.2, 0) is 7.05 Å². The summed E-state index contributed by atoms with van der Waals surface area (Å²) in [4.78, 5) is 29.3. The van der Waals surface area contributed by atoms with Crippen molar-refractivity contribution >= 4 is 39.4 Å². The van der Waals surface area contributed by atoms with Gasteiger partial charge in [-0.2, -0.15) is 9.49 Å². The van der Waals surface area contributed by atoms with E-state index in [1.807, 2.05) is 13.0 Å². The van der Waals surface area contributed by atoms with Crippen LogP contribution in [0.25, 0.3) is 33.2 Å². The van der Waals surface area contributed by atoms with E-state index < -0.39 is 18.0 Å². The third-order valence-corrected chi connectivity index (χ3v) is 6.42. The fourth-order valence-electron chi connectivity index (χ4n) is 4.40. The van der Waals surface area contributed by atoms with Gasteiger partial charge in [-0.05, 0) is 68.8 Å². The van der Waals surface area contributed by atoms with Gasteiger partial charge in [-0.3, -0.25) is 9.59 Å². The number of carbonyl (C=O) groups is 1. The van der Waals surface area contributed by atoms with Crippen LogP contribution in [0.1, 0.15) is 40.2 Å². The molecule has 188 valence electrons. The molecule has 2 N–H and O–H groups in total. The fraction of sp³-hybridized carbons (Fsp3) is 0.185. The smallest absolute Gasteiger partial charge is 0.271 e. The van der Waals surface area contributed by atoms with E-state index in [1.165, 1.54) is 19.2 Å². The quantitative estimate of drug-likeness (QED) is 0.311. The first-order chi connectivity index (χ1) is 17.5. The van der Waals surface area contributed by atoms with E-state index in [0.717, 1.165) is 10.2 Å². The summed E-state index contributed by atoms with van der Waals surface area (Å²) in [5.41, 5.74) is 8.25. The summed E-state index contributed by atoms with van der Waals surface area (Å²) in [5.74, 6) is -0.823. The van der Waals surface area contributed by atoms with Crippen LogP contribution in [0.5, 0.6) is 5.75 Å². The lowest BCUT2D eigenvalue weighted by atomic mass is 9.99. The van der Waals surface area contributed by atoms with Gasteiger partial charge >= 0.3 is 0 Å². The zero-order valence-corrected chi connectivity index (χ0v) is 21.2. The predicted molar refractivity (Wildman–Crippen MR) is 138 cm³/mol. The summed E-state index contributed by atoms with van der Waals surface area (Å²) in [6, 6.07) is 11.6. The highest BCUT2D eigenvalue weighted by molar-refractivity contribution is 6.29. The Morgan fingerprint density at radius 2 is 1.92 bits per heavy atom. The second-order valence-electron chi connectivity index (χ2n) is 8.87. The number of nitrogens with zero attached hydrogens (tertiary/aromatic N) is 3. The second-order valence-corrected chi connectivity index (χ2v) is 9.25. The van der Waals surface area contributed by atoms with E-state index in [0.29, 0.717) is 44.3 Å². The SMILES string of the molecule is Cc1cc([C@@H](C)Oc2ccc(Cl)nc2C(N)=O)c2oc(-c3ccc4nn(C)c(F)c4c3)c(C)c(=O)c2c1. The van der Waals surface area contributed by atoms with Crippen LogP contribution in [0, 0.1) is 19.8 Å². The van der Waals surface area contributed by atoms with Gasteiger partial charge in [0.05, 0.1) is 16.3 Å². The van der Waals surface area contributed by atoms with Crippen molar-refractivity contribution in [2.45, 2.75) is 26.9 Å². The number of ether oxygens (including phenoxy) is 1. The van der Waals surface area contributed by atoms with Gasteiger partial charge in [-0.25, -0.2) is 9.67 Å². The number of halogens is 2. The summed E-state index contributed by atoms with van der Waals surface area (Å²) < 4.78 is 28.1. The molecule has 0 fully saturated rings. The third kappa shape index (κ3) is 4.21. The molecule has 0 spiro atoms. The Hall–Kier alpha value is -4.24. The largest absolute Gasteiger partial charge is 0.483 e. The molecule has 1 atom stereocenters. The number of aryl methyl sites for hydroxylation is 2. The first-order valence-corrected chi connectivity index (χ1v) is 11.8. The predicted octanol–water partition coefficient (Wildman–Crippen LogP) is 5.39. The summed E-state index contributed by atoms with van der Waals surface area (Å²) >= 11 is 5.92. The summed E-state index contributed by atoms with van der Waals surface area (Å²) in [6.45, 7) is 5.28. The molecule has 3 heterocycles. The Morgan fingerprint density at radius 3 is 2.65 bits per heavy atom. The first-order valence-electron chi connectivity index (χ1n) is 11.4. The monoisotopic (exact) mass is 520 g/mol. The molecule has 37 heavy (non-hydrogen) atoms. The highest BCUT2D eigenvalue weighted by Gasteiger charge is 2.22. The number of hydrogen-bond donors (Lipinski definition) is 1. The minimum atomic E-state index is -0.790. The third-order valence-electron chi connectivity index (χ3n) is 6.21. The lowest BCUT2D eigenvalue weighted by Crippen LogP contribution is -2.17. The summed E-state index contributed by atoms with van der Waals surface area (Å²) in [5, 5.41) is 4.93. The van der Waals surface area contributed by atoms with E-state index in [1.54, 1.807) is 38.1 Å². The van der Waals surface area contributed by atoms with Crippen molar-refractivity contribution in [2.24, 2.45) is 12.8 Å². The molecular formula is C27H22ClFN4O4. The number of fused-ring (bicyclic) bond motifs is 2. The van der Waals surface area contributed by atoms with E-state index in [4.69, 9.17) is 26.5 Å². The molecule has 0 radical (unpaired) electrons. The fourth-order valence-corrected chi connectivity index (χ4v) is 4.55. The van der Waals surface area contributed by atoms with E-state index in [-0.39, 0.29) is 22.0 Å². The van der Waals surface area contributed by atoms with Gasteiger partial charge in [-0.1, -0.05) is 11.6 Å². The van der Waals surface area contributed by atoms with Crippen LogP contribution >= 0.6 is 11.6 Å². The lowest BCUT2D eigenvalue weighted by Gasteiger charge is -2.19. The van der Waals surface area contributed by atoms with Crippen LogP contribution in [0.3, 0.4) is 0 Å². The Morgan fingerprint density at radius 1 is 1.16 bits per heavy atom. The van der Waals surface area contributed by atoms with Crippen molar-refractivity contribution in [3.63, 3.8) is 0 Å². The topological polar surface area (TPSA) is 113 Å². The molecular weight excluding hydrogens is 499 g/mol. The van der Waals surface area contributed by atoms with E-state index >= 15 is 0 Å². The number of rotatable bonds is 5. The maximum atomic E-state index is 14.6. The molecule has 3 aromatic heterocycles. The molecule has 0 aliphatic rings. The number of pyridine rings is 1. The van der Waals surface area contributed by atoms with Crippen molar-refractivity contribution < 1.29 is 18.3 Å². The van der Waals surface area contributed by atoms with Crippen LogP contribution in [0.4, 0.5) is 4.39 Å². The van der Waals surface area contributed by atoms with Crippen LogP contribution in [0.15, 0.2) is 51.7 Å². The molecule has 0 saturated heterocycles. The molecule has 2 aromatic carbocycles. The molecule has 0 aliphatic carbocycles. The van der Waals surface area contributed by atoms with Gasteiger partial charge in [0.25, 0.3) is 5.91 Å². The van der Waals surface area contributed by atoms with Gasteiger partial charge < -0.3 is 14.9 Å². The minimum Gasteiger partial charge on any atom is -0.483 e. The van der Waals surface area contributed by atoms with Crippen LogP contribution in [-0.4, -0.2) is 20.7 Å². The van der Waals surface area contributed by atoms with Gasteiger partial charge in [0.15, 0.2) is 16.9 Å². The van der Waals surface area contributed by atoms with Crippen LogP contribution < -0.4 is 15.9 Å². The maximum absolute atomic E-state index is 14.6. The van der Waals surface area contributed by atoms with Crippen LogP contribution in [0.2, 0.25) is 5.15 Å². The molecule has 10 heteroatoms. The number of nitrogens with two attached hydrogens (primary N) is 1. The van der Waals surface area contributed by atoms with Crippen molar-refractivity contribution in [1.82, 2.24) is 14.8 Å². The normalized spacial score (nSPS) is 12.3. The van der Waals surface area contributed by atoms with E-state index in [2.05, 4.69) is 10.1 Å². The zero-order chi connectivity index (χ0) is 26.6. The summed E-state index contributed by atoms with van der Waals surface area (Å²) in [7, 11) is 1.52. The van der Waals surface area contributed by atoms with Crippen molar-refractivity contribution in [3.05, 3.63) is 86.2 Å². The number of primary amides is 1. The van der Waals surface area contributed by atoms with Gasteiger partial charge in [0.1, 0.15) is 22.6 Å². The van der Waals surface area contributed by atoms with Gasteiger partial charge in [-0.15, -0.1) is 0 Å². The molecule has 0 saturated carbocycles. The molecule has 8 nitrogen and oxygen atoms in total. The molecule has 5 rings (SSSR count). The number of carbonyl (C=O) groups excluding carboxylic acids is 1.